The van der Waals surface area contributed by atoms with Gasteiger partial charge in [0.2, 0.25) is 0 Å². The summed E-state index contributed by atoms with van der Waals surface area (Å²) < 4.78 is 1.67. The number of halogens is 1. The van der Waals surface area contributed by atoms with Gasteiger partial charge in [0.25, 0.3) is 0 Å². The number of aromatic nitrogens is 4. The van der Waals surface area contributed by atoms with E-state index in [0.717, 1.165) is 16.8 Å². The molecular weight excluding hydrogens is 388 g/mol. The molecule has 4 rings (SSSR count). The van der Waals surface area contributed by atoms with Gasteiger partial charge in [0.1, 0.15) is 16.7 Å². The second kappa shape index (κ2) is 7.87. The molecule has 8 heteroatoms. The number of benzene rings is 1. The number of nitriles is 1. The zero-order valence-corrected chi connectivity index (χ0v) is 16.4. The van der Waals surface area contributed by atoms with Gasteiger partial charge in [-0.05, 0) is 36.8 Å². The van der Waals surface area contributed by atoms with Gasteiger partial charge < -0.3 is 10.4 Å². The number of anilines is 1. The van der Waals surface area contributed by atoms with Crippen molar-refractivity contribution in [3.63, 3.8) is 0 Å². The van der Waals surface area contributed by atoms with Gasteiger partial charge in [0.15, 0.2) is 5.65 Å². The second-order valence-corrected chi connectivity index (χ2v) is 6.82. The van der Waals surface area contributed by atoms with Crippen LogP contribution in [0.15, 0.2) is 48.7 Å². The maximum absolute atomic E-state index is 9.58. The fourth-order valence-corrected chi connectivity index (χ4v) is 3.48. The molecule has 0 saturated carbocycles. The normalized spacial score (nSPS) is 10.8. The molecule has 0 bridgehead atoms. The van der Waals surface area contributed by atoms with Crippen LogP contribution < -0.4 is 5.32 Å². The Kier molecular flexibility index (Phi) is 5.12. The summed E-state index contributed by atoms with van der Waals surface area (Å²) in [7, 11) is 0. The van der Waals surface area contributed by atoms with Crippen LogP contribution in [0.1, 0.15) is 11.3 Å². The van der Waals surface area contributed by atoms with Crippen molar-refractivity contribution in [1.29, 1.82) is 5.26 Å². The summed E-state index contributed by atoms with van der Waals surface area (Å²) in [5.74, 6) is 0.615. The van der Waals surface area contributed by atoms with Crippen molar-refractivity contribution >= 4 is 23.1 Å². The van der Waals surface area contributed by atoms with Crippen LogP contribution in [-0.2, 0) is 0 Å². The molecule has 7 nitrogen and oxygen atoms in total. The van der Waals surface area contributed by atoms with E-state index in [4.69, 9.17) is 21.8 Å². The number of nitrogens with one attached hydrogen (secondary N) is 1. The van der Waals surface area contributed by atoms with Crippen LogP contribution in [-0.4, -0.2) is 37.8 Å². The number of hydrogen-bond acceptors (Lipinski definition) is 6. The Balaban J connectivity index is 2.03. The number of aliphatic hydroxyl groups excluding tert-OH is 1. The van der Waals surface area contributed by atoms with Gasteiger partial charge in [0.05, 0.1) is 23.8 Å². The third-order valence-corrected chi connectivity index (χ3v) is 4.61. The molecule has 0 atom stereocenters. The topological polar surface area (TPSA) is 99.1 Å². The highest BCUT2D eigenvalue weighted by Crippen LogP contribution is 2.37. The minimum atomic E-state index is -0.00106. The quantitative estimate of drug-likeness (QED) is 0.492. The Morgan fingerprint density at radius 3 is 2.79 bits per heavy atom. The van der Waals surface area contributed by atoms with E-state index in [2.05, 4.69) is 21.4 Å². The number of rotatable bonds is 5. The molecule has 4 aromatic rings. The molecule has 0 saturated heterocycles. The van der Waals surface area contributed by atoms with Crippen LogP contribution in [0.2, 0.25) is 5.15 Å². The summed E-state index contributed by atoms with van der Waals surface area (Å²) in [6, 6.07) is 15.0. The number of hydrogen-bond donors (Lipinski definition) is 2. The average molecular weight is 405 g/mol. The smallest absolute Gasteiger partial charge is 0.165 e. The number of aliphatic hydroxyl groups is 1. The van der Waals surface area contributed by atoms with E-state index in [0.29, 0.717) is 40.0 Å². The monoisotopic (exact) mass is 404 g/mol. The number of nitrogens with zero attached hydrogens (tertiary/aromatic N) is 5. The van der Waals surface area contributed by atoms with Gasteiger partial charge in [-0.25, -0.2) is 14.5 Å². The molecule has 0 aliphatic rings. The summed E-state index contributed by atoms with van der Waals surface area (Å²) in [6.07, 6.45) is 1.79. The Bertz CT molecular complexity index is 1220. The van der Waals surface area contributed by atoms with Crippen LogP contribution in [0.25, 0.3) is 28.0 Å². The van der Waals surface area contributed by atoms with Gasteiger partial charge >= 0.3 is 0 Å². The third kappa shape index (κ3) is 3.63. The molecular formula is C21H17ClN6O. The Labute approximate surface area is 172 Å². The van der Waals surface area contributed by atoms with Crippen molar-refractivity contribution in [2.45, 2.75) is 6.92 Å². The van der Waals surface area contributed by atoms with E-state index in [1.54, 1.807) is 28.9 Å². The summed E-state index contributed by atoms with van der Waals surface area (Å²) in [6.45, 7) is 2.25. The molecule has 1 aromatic carbocycles. The number of aryl methyl sites for hydroxylation is 1. The van der Waals surface area contributed by atoms with Crippen LogP contribution in [0, 0.1) is 18.3 Å². The first-order valence-electron chi connectivity index (χ1n) is 8.99. The van der Waals surface area contributed by atoms with Crippen LogP contribution in [0.4, 0.5) is 5.82 Å². The lowest BCUT2D eigenvalue weighted by Crippen LogP contribution is -2.07. The van der Waals surface area contributed by atoms with Crippen molar-refractivity contribution in [1.82, 2.24) is 19.6 Å². The van der Waals surface area contributed by atoms with Crippen molar-refractivity contribution in [3.05, 3.63) is 65.1 Å². The molecule has 0 spiro atoms. The van der Waals surface area contributed by atoms with E-state index in [-0.39, 0.29) is 6.61 Å². The lowest BCUT2D eigenvalue weighted by Gasteiger charge is -2.07. The van der Waals surface area contributed by atoms with Gasteiger partial charge in [0, 0.05) is 24.0 Å². The maximum Gasteiger partial charge on any atom is 0.165 e. The first-order valence-corrected chi connectivity index (χ1v) is 9.36. The van der Waals surface area contributed by atoms with Gasteiger partial charge in [-0.2, -0.15) is 10.4 Å². The van der Waals surface area contributed by atoms with E-state index in [1.807, 2.05) is 31.2 Å². The van der Waals surface area contributed by atoms with Gasteiger partial charge in [-0.15, -0.1) is 0 Å². The molecule has 0 aliphatic heterocycles. The summed E-state index contributed by atoms with van der Waals surface area (Å²) in [4.78, 5) is 8.93. The zero-order valence-electron chi connectivity index (χ0n) is 15.6. The number of pyridine rings is 1. The highest BCUT2D eigenvalue weighted by molar-refractivity contribution is 6.29. The molecule has 0 unspecified atom stereocenters. The van der Waals surface area contributed by atoms with Crippen molar-refractivity contribution in [3.8, 4) is 28.5 Å². The second-order valence-electron chi connectivity index (χ2n) is 6.43. The van der Waals surface area contributed by atoms with E-state index in [1.165, 1.54) is 0 Å². The first-order chi connectivity index (χ1) is 14.1. The minimum Gasteiger partial charge on any atom is -0.395 e. The molecule has 0 radical (unpaired) electrons. The fourth-order valence-electron chi connectivity index (χ4n) is 3.23. The maximum atomic E-state index is 9.58. The highest BCUT2D eigenvalue weighted by Gasteiger charge is 2.21. The van der Waals surface area contributed by atoms with Gasteiger partial charge in [-0.1, -0.05) is 29.8 Å². The summed E-state index contributed by atoms with van der Waals surface area (Å²) in [5.41, 5.74) is 4.81. The Morgan fingerprint density at radius 2 is 2.03 bits per heavy atom. The zero-order chi connectivity index (χ0) is 20.4. The van der Waals surface area contributed by atoms with E-state index < -0.39 is 0 Å². The molecule has 3 heterocycles. The van der Waals surface area contributed by atoms with Crippen molar-refractivity contribution in [2.24, 2.45) is 0 Å². The predicted octanol–water partition coefficient (Wildman–Crippen LogP) is 3.70. The van der Waals surface area contributed by atoms with Crippen LogP contribution in [0.5, 0.6) is 0 Å². The third-order valence-electron chi connectivity index (χ3n) is 4.42. The number of fused-ring (bicyclic) bond motifs is 1. The first kappa shape index (κ1) is 18.9. The van der Waals surface area contributed by atoms with E-state index in [9.17, 15) is 5.26 Å². The Morgan fingerprint density at radius 1 is 1.21 bits per heavy atom. The van der Waals surface area contributed by atoms with Gasteiger partial charge in [-0.3, -0.25) is 0 Å². The molecule has 29 heavy (non-hydrogen) atoms. The molecule has 144 valence electrons. The molecule has 0 aliphatic carbocycles. The predicted molar refractivity (Wildman–Crippen MR) is 112 cm³/mol. The molecule has 2 N–H and O–H groups in total. The minimum absolute atomic E-state index is 0.00106. The van der Waals surface area contributed by atoms with Crippen molar-refractivity contribution in [2.75, 3.05) is 18.5 Å². The van der Waals surface area contributed by atoms with Crippen LogP contribution in [0.3, 0.4) is 0 Å². The largest absolute Gasteiger partial charge is 0.395 e. The summed E-state index contributed by atoms with van der Waals surface area (Å²) >= 11 is 6.22. The molecule has 0 fully saturated rings. The fraction of sp³-hybridized carbons (Fsp3) is 0.143. The lowest BCUT2D eigenvalue weighted by atomic mass is 9.98. The van der Waals surface area contributed by atoms with E-state index >= 15 is 0 Å². The van der Waals surface area contributed by atoms with Crippen molar-refractivity contribution < 1.29 is 5.11 Å². The highest BCUT2D eigenvalue weighted by atomic mass is 35.5. The molecule has 3 aromatic heterocycles. The molecule has 0 amide bonds. The standard InChI is InChI=1S/C21H17ClN6O/c1-13-10-15(11-17(22)25-13)19-20(16-5-3-2-4-14(16)12-23)27-28-8-6-18(24-7-9-29)26-21(19)28/h2-6,8,10-11,29H,7,9H2,1H3,(H,24,26). The SMILES string of the molecule is Cc1cc(-c2c(-c3ccccc3C#N)nn3ccc(NCCO)nc23)cc(Cl)n1. The Hall–Kier alpha value is -3.47. The van der Waals surface area contributed by atoms with Crippen LogP contribution >= 0.6 is 11.6 Å². The lowest BCUT2D eigenvalue weighted by molar-refractivity contribution is 0.311. The average Bonchev–Trinajstić information content (AvgIpc) is 3.10. The summed E-state index contributed by atoms with van der Waals surface area (Å²) in [5, 5.41) is 26.8.